The smallest absolute Gasteiger partial charge is 0.271 e. The molecule has 0 aliphatic heterocycles. The number of hydrogen-bond acceptors (Lipinski definition) is 5. The number of rotatable bonds is 6. The molecule has 166 valence electrons. The number of thioether (sulfide) groups is 1. The Morgan fingerprint density at radius 3 is 2.33 bits per heavy atom. The molecular weight excluding hydrogens is 465 g/mol. The molecule has 0 aliphatic carbocycles. The van der Waals surface area contributed by atoms with Gasteiger partial charge in [-0.05, 0) is 48.5 Å². The average molecular weight is 482 g/mol. The molecule has 0 bridgehead atoms. The Bertz CT molecular complexity index is 1280. The number of nitrogens with one attached hydrogen (secondary N) is 2. The van der Waals surface area contributed by atoms with E-state index in [0.717, 1.165) is 17.4 Å². The second kappa shape index (κ2) is 10.3. The van der Waals surface area contributed by atoms with Crippen LogP contribution < -0.4 is 10.9 Å². The Hall–Kier alpha value is -3.69. The number of hydrazine groups is 1. The normalized spacial score (nSPS) is 10.6. The monoisotopic (exact) mass is 481 g/mol. The van der Waals surface area contributed by atoms with Crippen LogP contribution in [-0.2, 0) is 4.79 Å². The third-order valence-electron chi connectivity index (χ3n) is 4.52. The van der Waals surface area contributed by atoms with Crippen LogP contribution in [0.15, 0.2) is 84.0 Å². The first-order valence-corrected chi connectivity index (χ1v) is 11.1. The zero-order valence-corrected chi connectivity index (χ0v) is 18.6. The molecule has 0 fully saturated rings. The highest BCUT2D eigenvalue weighted by molar-refractivity contribution is 7.99. The molecule has 3 aromatic carbocycles. The zero-order valence-electron chi connectivity index (χ0n) is 17.0. The Kier molecular flexibility index (Phi) is 7.01. The minimum absolute atomic E-state index is 0.0306. The van der Waals surface area contributed by atoms with Crippen LogP contribution in [0.4, 0.5) is 4.39 Å². The second-order valence-electron chi connectivity index (χ2n) is 6.75. The largest absolute Gasteiger partial charge is 0.272 e. The van der Waals surface area contributed by atoms with Crippen LogP contribution in [0.1, 0.15) is 10.4 Å². The maximum absolute atomic E-state index is 13.4. The summed E-state index contributed by atoms with van der Waals surface area (Å²) in [5.74, 6) is -0.834. The van der Waals surface area contributed by atoms with Gasteiger partial charge >= 0.3 is 0 Å². The van der Waals surface area contributed by atoms with Crippen LogP contribution >= 0.6 is 23.4 Å². The highest BCUT2D eigenvalue weighted by atomic mass is 35.5. The minimum atomic E-state index is -0.523. The predicted molar refractivity (Wildman–Crippen MR) is 125 cm³/mol. The number of aromatic nitrogens is 3. The highest BCUT2D eigenvalue weighted by Gasteiger charge is 2.18. The number of amides is 2. The van der Waals surface area contributed by atoms with Crippen LogP contribution in [0, 0.1) is 5.82 Å². The van der Waals surface area contributed by atoms with E-state index in [9.17, 15) is 14.0 Å². The maximum atomic E-state index is 13.4. The standard InChI is InChI=1S/C23H17ClFN5O2S/c24-19-9-5-4-8-18(19)22(32)28-26-20(31)14-33-23-29-27-21(15-10-12-16(25)13-11-15)30(23)17-6-2-1-3-7-17/h1-13H,14H2,(H,26,31)(H,28,32). The first-order chi connectivity index (χ1) is 16.0. The summed E-state index contributed by atoms with van der Waals surface area (Å²) in [7, 11) is 0. The van der Waals surface area contributed by atoms with Crippen molar-refractivity contribution in [2.24, 2.45) is 0 Å². The van der Waals surface area contributed by atoms with E-state index in [-0.39, 0.29) is 22.2 Å². The lowest BCUT2D eigenvalue weighted by Crippen LogP contribution is -2.42. The number of para-hydroxylation sites is 1. The Labute approximate surface area is 198 Å². The van der Waals surface area contributed by atoms with Gasteiger partial charge in [0.1, 0.15) is 5.82 Å². The predicted octanol–water partition coefficient (Wildman–Crippen LogP) is 4.28. The van der Waals surface area contributed by atoms with Crippen LogP contribution in [0.25, 0.3) is 17.1 Å². The Morgan fingerprint density at radius 2 is 1.61 bits per heavy atom. The van der Waals surface area contributed by atoms with E-state index in [4.69, 9.17) is 11.6 Å². The molecule has 33 heavy (non-hydrogen) atoms. The van der Waals surface area contributed by atoms with Crippen molar-refractivity contribution in [1.82, 2.24) is 25.6 Å². The molecule has 10 heteroatoms. The molecule has 0 unspecified atom stereocenters. The maximum Gasteiger partial charge on any atom is 0.271 e. The van der Waals surface area contributed by atoms with Crippen molar-refractivity contribution < 1.29 is 14.0 Å². The van der Waals surface area contributed by atoms with E-state index in [0.29, 0.717) is 16.5 Å². The van der Waals surface area contributed by atoms with E-state index >= 15 is 0 Å². The molecule has 2 N–H and O–H groups in total. The van der Waals surface area contributed by atoms with Crippen LogP contribution in [0.2, 0.25) is 5.02 Å². The molecule has 0 atom stereocenters. The summed E-state index contributed by atoms with van der Waals surface area (Å²) in [6, 6.07) is 21.8. The van der Waals surface area contributed by atoms with E-state index in [1.54, 1.807) is 41.0 Å². The highest BCUT2D eigenvalue weighted by Crippen LogP contribution is 2.28. The van der Waals surface area contributed by atoms with Crippen molar-refractivity contribution in [3.8, 4) is 17.1 Å². The lowest BCUT2D eigenvalue weighted by atomic mass is 10.2. The molecule has 0 aliphatic rings. The van der Waals surface area contributed by atoms with E-state index < -0.39 is 11.8 Å². The summed E-state index contributed by atoms with van der Waals surface area (Å²) in [5.41, 5.74) is 6.42. The third-order valence-corrected chi connectivity index (χ3v) is 5.78. The van der Waals surface area contributed by atoms with Gasteiger partial charge in [0, 0.05) is 11.3 Å². The Morgan fingerprint density at radius 1 is 0.909 bits per heavy atom. The van der Waals surface area contributed by atoms with Crippen LogP contribution in [-0.4, -0.2) is 32.3 Å². The van der Waals surface area contributed by atoms with Gasteiger partial charge < -0.3 is 0 Å². The van der Waals surface area contributed by atoms with Crippen molar-refractivity contribution in [2.75, 3.05) is 5.75 Å². The molecule has 0 spiro atoms. The van der Waals surface area contributed by atoms with Gasteiger partial charge in [0.05, 0.1) is 16.3 Å². The van der Waals surface area contributed by atoms with Gasteiger partial charge in [-0.2, -0.15) is 0 Å². The molecule has 2 amide bonds. The van der Waals surface area contributed by atoms with Crippen LogP contribution in [0.5, 0.6) is 0 Å². The average Bonchev–Trinajstić information content (AvgIpc) is 3.26. The first-order valence-electron chi connectivity index (χ1n) is 9.76. The van der Waals surface area contributed by atoms with E-state index in [1.165, 1.54) is 12.1 Å². The van der Waals surface area contributed by atoms with Crippen molar-refractivity contribution in [2.45, 2.75) is 5.16 Å². The van der Waals surface area contributed by atoms with Gasteiger partial charge in [0.25, 0.3) is 5.91 Å². The molecule has 0 radical (unpaired) electrons. The lowest BCUT2D eigenvalue weighted by Gasteiger charge is -2.11. The van der Waals surface area contributed by atoms with Crippen molar-refractivity contribution in [3.63, 3.8) is 0 Å². The summed E-state index contributed by atoms with van der Waals surface area (Å²) in [6.07, 6.45) is 0. The number of benzene rings is 3. The quantitative estimate of drug-likeness (QED) is 0.317. The molecule has 7 nitrogen and oxygen atoms in total. The fourth-order valence-corrected chi connectivity index (χ4v) is 3.94. The summed E-state index contributed by atoms with van der Waals surface area (Å²) < 4.78 is 15.2. The molecule has 0 saturated carbocycles. The van der Waals surface area contributed by atoms with Gasteiger partial charge in [-0.15, -0.1) is 10.2 Å². The lowest BCUT2D eigenvalue weighted by molar-refractivity contribution is -0.119. The van der Waals surface area contributed by atoms with Gasteiger partial charge in [-0.25, -0.2) is 4.39 Å². The zero-order chi connectivity index (χ0) is 23.2. The Balaban J connectivity index is 1.48. The fourth-order valence-electron chi connectivity index (χ4n) is 2.96. The first kappa shape index (κ1) is 22.5. The van der Waals surface area contributed by atoms with Gasteiger partial charge in [-0.3, -0.25) is 25.0 Å². The summed E-state index contributed by atoms with van der Waals surface area (Å²) in [6.45, 7) is 0. The van der Waals surface area contributed by atoms with Gasteiger partial charge in [-0.1, -0.05) is 53.7 Å². The number of hydrogen-bond donors (Lipinski definition) is 2. The van der Waals surface area contributed by atoms with Gasteiger partial charge in [0.2, 0.25) is 5.91 Å². The van der Waals surface area contributed by atoms with Crippen LogP contribution in [0.3, 0.4) is 0 Å². The number of carbonyl (C=O) groups excluding carboxylic acids is 2. The molecule has 1 aromatic heterocycles. The molecule has 4 aromatic rings. The van der Waals surface area contributed by atoms with E-state index in [2.05, 4.69) is 21.0 Å². The molecule has 0 saturated heterocycles. The third kappa shape index (κ3) is 5.39. The number of halogens is 2. The SMILES string of the molecule is O=C(CSc1nnc(-c2ccc(F)cc2)n1-c1ccccc1)NNC(=O)c1ccccc1Cl. The second-order valence-corrected chi connectivity index (χ2v) is 8.10. The number of carbonyl (C=O) groups is 2. The fraction of sp³-hybridized carbons (Fsp3) is 0.0435. The summed E-state index contributed by atoms with van der Waals surface area (Å²) in [4.78, 5) is 24.5. The van der Waals surface area contributed by atoms with Crippen molar-refractivity contribution in [1.29, 1.82) is 0 Å². The van der Waals surface area contributed by atoms with E-state index in [1.807, 2.05) is 30.3 Å². The van der Waals surface area contributed by atoms with Crippen molar-refractivity contribution in [3.05, 3.63) is 95.3 Å². The number of nitrogens with zero attached hydrogens (tertiary/aromatic N) is 3. The van der Waals surface area contributed by atoms with Gasteiger partial charge in [0.15, 0.2) is 11.0 Å². The minimum Gasteiger partial charge on any atom is -0.272 e. The topological polar surface area (TPSA) is 88.9 Å². The summed E-state index contributed by atoms with van der Waals surface area (Å²) >= 11 is 7.14. The molecular formula is C23H17ClFN5O2S. The molecule has 4 rings (SSSR count). The van der Waals surface area contributed by atoms with Crippen molar-refractivity contribution >= 4 is 35.2 Å². The molecule has 1 heterocycles. The summed E-state index contributed by atoms with van der Waals surface area (Å²) in [5, 5.41) is 9.21.